The summed E-state index contributed by atoms with van der Waals surface area (Å²) in [5, 5.41) is 4.32. The van der Waals surface area contributed by atoms with E-state index in [1.54, 1.807) is 15.9 Å². The van der Waals surface area contributed by atoms with Gasteiger partial charge in [-0.15, -0.1) is 11.3 Å². The molecule has 3 aromatic rings. The molecule has 2 heterocycles. The van der Waals surface area contributed by atoms with Gasteiger partial charge in [-0.3, -0.25) is 14.2 Å². The highest BCUT2D eigenvalue weighted by Gasteiger charge is 2.23. The summed E-state index contributed by atoms with van der Waals surface area (Å²) in [6.45, 7) is 4.78. The van der Waals surface area contributed by atoms with Gasteiger partial charge < -0.3 is 5.32 Å². The minimum Gasteiger partial charge on any atom is -0.325 e. The maximum Gasteiger partial charge on any atom is 0.263 e. The smallest absolute Gasteiger partial charge is 0.263 e. The average Bonchev–Trinajstić information content (AvgIpc) is 3.24. The van der Waals surface area contributed by atoms with E-state index >= 15 is 0 Å². The molecule has 146 valence electrons. The number of nitrogens with one attached hydrogen (secondary N) is 1. The number of carbonyl (C=O) groups excluding carboxylic acids is 1. The lowest BCUT2D eigenvalue weighted by atomic mass is 10.2. The van der Waals surface area contributed by atoms with Crippen LogP contribution in [0.5, 0.6) is 0 Å². The summed E-state index contributed by atoms with van der Waals surface area (Å²) in [7, 11) is 0. The van der Waals surface area contributed by atoms with Gasteiger partial charge in [0, 0.05) is 17.1 Å². The van der Waals surface area contributed by atoms with E-state index in [2.05, 4.69) is 19.2 Å². The SMILES string of the molecule is CC(C)Cn1c(SCC(=O)Nc2ccccc2)nc2sc3c(c2c1=O)CCC3. The Kier molecular flexibility index (Phi) is 5.55. The van der Waals surface area contributed by atoms with Crippen molar-refractivity contribution >= 4 is 44.9 Å². The van der Waals surface area contributed by atoms with Crippen molar-refractivity contribution in [2.45, 2.75) is 44.8 Å². The number of thioether (sulfide) groups is 1. The van der Waals surface area contributed by atoms with Crippen molar-refractivity contribution in [2.75, 3.05) is 11.1 Å². The lowest BCUT2D eigenvalue weighted by Crippen LogP contribution is -2.26. The topological polar surface area (TPSA) is 64.0 Å². The minimum absolute atomic E-state index is 0.0454. The number of hydrogen-bond donors (Lipinski definition) is 1. The van der Waals surface area contributed by atoms with Gasteiger partial charge in [-0.1, -0.05) is 43.8 Å². The summed E-state index contributed by atoms with van der Waals surface area (Å²) < 4.78 is 1.76. The van der Waals surface area contributed by atoms with Crippen LogP contribution in [0.1, 0.15) is 30.7 Å². The Morgan fingerprint density at radius 3 is 2.82 bits per heavy atom. The molecule has 0 saturated carbocycles. The van der Waals surface area contributed by atoms with E-state index in [9.17, 15) is 9.59 Å². The number of nitrogens with zero attached hydrogens (tertiary/aromatic N) is 2. The van der Waals surface area contributed by atoms with Crippen LogP contribution in [0.25, 0.3) is 10.2 Å². The second kappa shape index (κ2) is 8.09. The van der Waals surface area contributed by atoms with E-state index in [-0.39, 0.29) is 17.2 Å². The molecule has 28 heavy (non-hydrogen) atoms. The van der Waals surface area contributed by atoms with Crippen molar-refractivity contribution in [3.8, 4) is 0 Å². The number of hydrogen-bond acceptors (Lipinski definition) is 5. The number of aryl methyl sites for hydroxylation is 2. The lowest BCUT2D eigenvalue weighted by molar-refractivity contribution is -0.113. The second-order valence-electron chi connectivity index (χ2n) is 7.44. The van der Waals surface area contributed by atoms with Crippen LogP contribution >= 0.6 is 23.1 Å². The molecule has 0 unspecified atom stereocenters. The Morgan fingerprint density at radius 1 is 1.29 bits per heavy atom. The third kappa shape index (κ3) is 3.86. The zero-order valence-corrected chi connectivity index (χ0v) is 17.7. The highest BCUT2D eigenvalue weighted by molar-refractivity contribution is 7.99. The summed E-state index contributed by atoms with van der Waals surface area (Å²) in [6, 6.07) is 9.39. The van der Waals surface area contributed by atoms with Gasteiger partial charge in [0.1, 0.15) is 4.83 Å². The molecule has 1 aliphatic rings. The van der Waals surface area contributed by atoms with Crippen molar-refractivity contribution in [3.05, 3.63) is 51.1 Å². The highest BCUT2D eigenvalue weighted by atomic mass is 32.2. The number of para-hydroxylation sites is 1. The number of thiophene rings is 1. The molecular weight excluding hydrogens is 390 g/mol. The Labute approximate surface area is 172 Å². The van der Waals surface area contributed by atoms with E-state index in [4.69, 9.17) is 4.98 Å². The molecule has 0 atom stereocenters. The quantitative estimate of drug-likeness (QED) is 0.482. The first-order chi connectivity index (χ1) is 13.5. The molecule has 0 spiro atoms. The average molecular weight is 414 g/mol. The zero-order valence-electron chi connectivity index (χ0n) is 16.0. The van der Waals surface area contributed by atoms with Crippen LogP contribution in [0.4, 0.5) is 5.69 Å². The predicted octanol–water partition coefficient (Wildman–Crippen LogP) is 4.33. The molecule has 1 aliphatic carbocycles. The molecule has 2 aromatic heterocycles. The number of rotatable bonds is 6. The number of amides is 1. The fourth-order valence-corrected chi connectivity index (χ4v) is 5.65. The number of carbonyl (C=O) groups is 1. The van der Waals surface area contributed by atoms with Crippen LogP contribution in [-0.2, 0) is 24.2 Å². The van der Waals surface area contributed by atoms with E-state index < -0.39 is 0 Å². The third-order valence-electron chi connectivity index (χ3n) is 4.73. The zero-order chi connectivity index (χ0) is 19.7. The molecule has 4 rings (SSSR count). The molecule has 1 amide bonds. The molecule has 0 fully saturated rings. The van der Waals surface area contributed by atoms with Gasteiger partial charge in [0.2, 0.25) is 5.91 Å². The maximum absolute atomic E-state index is 13.3. The van der Waals surface area contributed by atoms with Crippen LogP contribution in [0, 0.1) is 5.92 Å². The van der Waals surface area contributed by atoms with Crippen LogP contribution in [0.2, 0.25) is 0 Å². The fourth-order valence-electron chi connectivity index (χ4n) is 3.54. The summed E-state index contributed by atoms with van der Waals surface area (Å²) in [5.74, 6) is 0.437. The molecule has 1 aromatic carbocycles. The van der Waals surface area contributed by atoms with Gasteiger partial charge in [-0.05, 0) is 42.9 Å². The van der Waals surface area contributed by atoms with Crippen molar-refractivity contribution < 1.29 is 4.79 Å². The second-order valence-corrected chi connectivity index (χ2v) is 9.47. The maximum atomic E-state index is 13.3. The van der Waals surface area contributed by atoms with Gasteiger partial charge in [0.05, 0.1) is 11.1 Å². The lowest BCUT2D eigenvalue weighted by Gasteiger charge is -2.14. The Bertz CT molecular complexity index is 1070. The first-order valence-corrected chi connectivity index (χ1v) is 11.4. The van der Waals surface area contributed by atoms with Crippen molar-refractivity contribution in [1.29, 1.82) is 0 Å². The normalized spacial score (nSPS) is 13.2. The first kappa shape index (κ1) is 19.2. The number of anilines is 1. The van der Waals surface area contributed by atoms with Crippen molar-refractivity contribution in [1.82, 2.24) is 9.55 Å². The third-order valence-corrected chi connectivity index (χ3v) is 6.89. The Hall–Kier alpha value is -2.12. The van der Waals surface area contributed by atoms with Crippen LogP contribution in [0.15, 0.2) is 40.3 Å². The van der Waals surface area contributed by atoms with E-state index in [0.717, 1.165) is 35.2 Å². The van der Waals surface area contributed by atoms with Crippen molar-refractivity contribution in [3.63, 3.8) is 0 Å². The summed E-state index contributed by atoms with van der Waals surface area (Å²) in [4.78, 5) is 32.5. The summed E-state index contributed by atoms with van der Waals surface area (Å²) in [6.07, 6.45) is 3.14. The highest BCUT2D eigenvalue weighted by Crippen LogP contribution is 2.35. The predicted molar refractivity (Wildman–Crippen MR) is 117 cm³/mol. The molecule has 5 nitrogen and oxygen atoms in total. The monoisotopic (exact) mass is 413 g/mol. The first-order valence-electron chi connectivity index (χ1n) is 9.55. The molecule has 1 N–H and O–H groups in total. The van der Waals surface area contributed by atoms with Gasteiger partial charge in [-0.25, -0.2) is 4.98 Å². The number of fused-ring (bicyclic) bond motifs is 3. The largest absolute Gasteiger partial charge is 0.325 e. The van der Waals surface area contributed by atoms with Gasteiger partial charge in [0.15, 0.2) is 5.16 Å². The minimum atomic E-state index is -0.102. The molecule has 0 radical (unpaired) electrons. The van der Waals surface area contributed by atoms with Gasteiger partial charge in [0.25, 0.3) is 5.56 Å². The number of aromatic nitrogens is 2. The van der Waals surface area contributed by atoms with Crippen LogP contribution in [0.3, 0.4) is 0 Å². The Morgan fingerprint density at radius 2 is 2.07 bits per heavy atom. The van der Waals surface area contributed by atoms with Crippen LogP contribution < -0.4 is 10.9 Å². The van der Waals surface area contributed by atoms with Gasteiger partial charge in [-0.2, -0.15) is 0 Å². The molecule has 0 bridgehead atoms. The standard InChI is InChI=1S/C21H23N3O2S2/c1-13(2)11-24-20(26)18-15-9-6-10-16(15)28-19(18)23-21(24)27-12-17(25)22-14-7-4-3-5-8-14/h3-5,7-8,13H,6,9-12H2,1-2H3,(H,22,25). The summed E-state index contributed by atoms with van der Waals surface area (Å²) >= 11 is 2.97. The van der Waals surface area contributed by atoms with E-state index in [1.807, 2.05) is 30.3 Å². The molecule has 7 heteroatoms. The number of benzene rings is 1. The Balaban J connectivity index is 1.62. The molecular formula is C21H23N3O2S2. The molecule has 0 aliphatic heterocycles. The van der Waals surface area contributed by atoms with Crippen LogP contribution in [-0.4, -0.2) is 21.2 Å². The van der Waals surface area contributed by atoms with E-state index in [1.165, 1.54) is 22.2 Å². The van der Waals surface area contributed by atoms with E-state index in [0.29, 0.717) is 17.6 Å². The van der Waals surface area contributed by atoms with Crippen molar-refractivity contribution in [2.24, 2.45) is 5.92 Å². The van der Waals surface area contributed by atoms with Gasteiger partial charge >= 0.3 is 0 Å². The molecule has 0 saturated heterocycles. The summed E-state index contributed by atoms with van der Waals surface area (Å²) in [5.41, 5.74) is 2.02. The fraction of sp³-hybridized carbons (Fsp3) is 0.381.